The molecule has 1 aromatic heterocycles. The van der Waals surface area contributed by atoms with Crippen molar-refractivity contribution < 1.29 is 18.7 Å². The summed E-state index contributed by atoms with van der Waals surface area (Å²) >= 11 is 17.5. The molecule has 164 valence electrons. The lowest BCUT2D eigenvalue weighted by atomic mass is 10.1. The molecule has 1 amide bonds. The van der Waals surface area contributed by atoms with Crippen LogP contribution in [0.4, 0.5) is 21.6 Å². The van der Waals surface area contributed by atoms with Crippen LogP contribution in [0.3, 0.4) is 0 Å². The molecule has 0 radical (unpaired) electrons. The monoisotopic (exact) mass is 486 g/mol. The number of carbonyl (C=O) groups excluding carboxylic acids is 1. The quantitative estimate of drug-likeness (QED) is 0.238. The summed E-state index contributed by atoms with van der Waals surface area (Å²) in [5.41, 5.74) is 0.952. The second-order valence-corrected chi connectivity index (χ2v) is 7.27. The molecule has 2 aromatic carbocycles. The van der Waals surface area contributed by atoms with Crippen molar-refractivity contribution in [2.24, 2.45) is 0 Å². The number of halogens is 4. The maximum absolute atomic E-state index is 14.3. The van der Waals surface area contributed by atoms with E-state index < -0.39 is 11.7 Å². The summed E-state index contributed by atoms with van der Waals surface area (Å²) in [7, 11) is 0. The highest BCUT2D eigenvalue weighted by atomic mass is 35.5. The maximum Gasteiger partial charge on any atom is 0.239 e. The summed E-state index contributed by atoms with van der Waals surface area (Å²) in [6.45, 7) is 3.09. The minimum absolute atomic E-state index is 0.0813. The number of nitrogens with zero attached hydrogens (tertiary/aromatic N) is 2. The van der Waals surface area contributed by atoms with Gasteiger partial charge in [-0.05, 0) is 25.1 Å². The Kier molecular flexibility index (Phi) is 8.09. The second-order valence-electron chi connectivity index (χ2n) is 6.19. The van der Waals surface area contributed by atoms with Crippen molar-refractivity contribution in [2.75, 3.05) is 36.3 Å². The van der Waals surface area contributed by atoms with Gasteiger partial charge >= 0.3 is 0 Å². The number of carbonyl (C=O) groups is 1. The maximum atomic E-state index is 14.3. The minimum Gasteiger partial charge on any atom is -0.489 e. The minimum atomic E-state index is -0.604. The Morgan fingerprint density at radius 2 is 1.87 bits per heavy atom. The van der Waals surface area contributed by atoms with Crippen LogP contribution in [0.1, 0.15) is 6.92 Å². The van der Waals surface area contributed by atoms with Gasteiger partial charge in [-0.15, -0.1) is 11.6 Å². The lowest BCUT2D eigenvalue weighted by molar-refractivity contribution is -0.113. The van der Waals surface area contributed by atoms with E-state index >= 15 is 0 Å². The van der Waals surface area contributed by atoms with Gasteiger partial charge in [0, 0.05) is 18.1 Å². The van der Waals surface area contributed by atoms with Gasteiger partial charge in [0.05, 0.1) is 33.5 Å². The molecular formula is C20H18Cl3FN4O3. The van der Waals surface area contributed by atoms with Crippen LogP contribution in [0.5, 0.6) is 5.75 Å². The van der Waals surface area contributed by atoms with Gasteiger partial charge in [-0.25, -0.2) is 14.4 Å². The first-order valence-corrected chi connectivity index (χ1v) is 10.5. The molecule has 0 saturated heterocycles. The first-order valence-electron chi connectivity index (χ1n) is 9.19. The molecule has 2 N–H and O–H groups in total. The molecule has 1 heterocycles. The Morgan fingerprint density at radius 3 is 2.61 bits per heavy atom. The zero-order chi connectivity index (χ0) is 22.4. The number of hydrogen-bond acceptors (Lipinski definition) is 6. The van der Waals surface area contributed by atoms with Gasteiger partial charge in [0.1, 0.15) is 36.2 Å². The largest absolute Gasteiger partial charge is 0.489 e. The van der Waals surface area contributed by atoms with Crippen molar-refractivity contribution in [1.82, 2.24) is 9.97 Å². The predicted molar refractivity (Wildman–Crippen MR) is 121 cm³/mol. The molecule has 0 aliphatic heterocycles. The smallest absolute Gasteiger partial charge is 0.239 e. The summed E-state index contributed by atoms with van der Waals surface area (Å²) < 4.78 is 25.3. The van der Waals surface area contributed by atoms with Gasteiger partial charge in [-0.2, -0.15) is 0 Å². The molecule has 0 aliphatic carbocycles. The van der Waals surface area contributed by atoms with Crippen LogP contribution in [0.15, 0.2) is 30.6 Å². The molecule has 0 spiro atoms. The molecule has 11 heteroatoms. The summed E-state index contributed by atoms with van der Waals surface area (Å²) in [5.74, 6) is -0.577. The molecule has 0 fully saturated rings. The van der Waals surface area contributed by atoms with Crippen molar-refractivity contribution in [3.8, 4) is 5.75 Å². The van der Waals surface area contributed by atoms with Gasteiger partial charge in [0.25, 0.3) is 0 Å². The van der Waals surface area contributed by atoms with E-state index in [-0.39, 0.29) is 28.2 Å². The van der Waals surface area contributed by atoms with E-state index in [4.69, 9.17) is 44.3 Å². The van der Waals surface area contributed by atoms with Crippen LogP contribution in [0, 0.1) is 5.82 Å². The van der Waals surface area contributed by atoms with Crippen molar-refractivity contribution in [2.45, 2.75) is 6.92 Å². The fourth-order valence-electron chi connectivity index (χ4n) is 2.69. The van der Waals surface area contributed by atoms with Gasteiger partial charge in [0.15, 0.2) is 0 Å². The Hall–Kier alpha value is -2.39. The van der Waals surface area contributed by atoms with Gasteiger partial charge in [-0.1, -0.05) is 23.2 Å². The number of amides is 1. The number of nitrogens with one attached hydrogen (secondary N) is 2. The Labute approximate surface area is 192 Å². The average Bonchev–Trinajstić information content (AvgIpc) is 2.75. The summed E-state index contributed by atoms with van der Waals surface area (Å²) in [5, 5.41) is 6.36. The number of fused-ring (bicyclic) bond motifs is 1. The second kappa shape index (κ2) is 10.8. The fourth-order valence-corrected chi connectivity index (χ4v) is 3.07. The SMILES string of the molecule is CCOCCOc1cc2ncnc(Nc3cc(Cl)c(Cl)cc3F)c2cc1NC(=O)CCl. The Bertz CT molecular complexity index is 1100. The number of ether oxygens (including phenoxy) is 2. The number of aromatic nitrogens is 2. The number of benzene rings is 2. The third kappa shape index (κ3) is 5.86. The Balaban J connectivity index is 2.01. The number of rotatable bonds is 9. The topological polar surface area (TPSA) is 85.4 Å². The zero-order valence-electron chi connectivity index (χ0n) is 16.3. The molecule has 0 bridgehead atoms. The normalized spacial score (nSPS) is 10.9. The van der Waals surface area contributed by atoms with Crippen LogP contribution >= 0.6 is 34.8 Å². The van der Waals surface area contributed by atoms with Crippen LogP contribution in [0.25, 0.3) is 10.9 Å². The molecule has 0 atom stereocenters. The molecular weight excluding hydrogens is 470 g/mol. The number of hydrogen-bond donors (Lipinski definition) is 2. The summed E-state index contributed by atoms with van der Waals surface area (Å²) in [4.78, 5) is 20.3. The van der Waals surface area contributed by atoms with E-state index in [1.807, 2.05) is 6.92 Å². The molecule has 31 heavy (non-hydrogen) atoms. The third-order valence-electron chi connectivity index (χ3n) is 4.08. The highest BCUT2D eigenvalue weighted by Crippen LogP contribution is 2.35. The first kappa shape index (κ1) is 23.3. The standard InChI is InChI=1S/C20H18Cl3FN4O3/c1-2-30-3-4-31-18-8-15-11(5-17(18)27-19(29)9-21)20(26-10-25-15)28-16-7-13(23)12(22)6-14(16)24/h5-8,10H,2-4,9H2,1H3,(H,27,29)(H,25,26,28). The van der Waals surface area contributed by atoms with Crippen LogP contribution in [0.2, 0.25) is 10.0 Å². The van der Waals surface area contributed by atoms with Crippen molar-refractivity contribution >= 4 is 68.8 Å². The molecule has 7 nitrogen and oxygen atoms in total. The van der Waals surface area contributed by atoms with E-state index in [0.29, 0.717) is 41.4 Å². The Morgan fingerprint density at radius 1 is 1.10 bits per heavy atom. The van der Waals surface area contributed by atoms with Crippen LogP contribution in [-0.4, -0.2) is 41.6 Å². The average molecular weight is 488 g/mol. The highest BCUT2D eigenvalue weighted by molar-refractivity contribution is 6.42. The molecule has 3 rings (SSSR count). The van der Waals surface area contributed by atoms with Gasteiger partial charge < -0.3 is 20.1 Å². The summed E-state index contributed by atoms with van der Waals surface area (Å²) in [6.07, 6.45) is 1.32. The highest BCUT2D eigenvalue weighted by Gasteiger charge is 2.15. The van der Waals surface area contributed by atoms with E-state index in [2.05, 4.69) is 20.6 Å². The van der Waals surface area contributed by atoms with E-state index in [9.17, 15) is 9.18 Å². The predicted octanol–water partition coefficient (Wildman–Crippen LogP) is 5.41. The van der Waals surface area contributed by atoms with E-state index in [1.54, 1.807) is 12.1 Å². The lowest BCUT2D eigenvalue weighted by Crippen LogP contribution is -2.15. The molecule has 0 aliphatic rings. The summed E-state index contributed by atoms with van der Waals surface area (Å²) in [6, 6.07) is 5.72. The fraction of sp³-hybridized carbons (Fsp3) is 0.250. The third-order valence-corrected chi connectivity index (χ3v) is 5.05. The van der Waals surface area contributed by atoms with E-state index in [0.717, 1.165) is 6.07 Å². The molecule has 0 unspecified atom stereocenters. The molecule has 0 saturated carbocycles. The van der Waals surface area contributed by atoms with Crippen LogP contribution in [-0.2, 0) is 9.53 Å². The number of anilines is 3. The molecule has 3 aromatic rings. The lowest BCUT2D eigenvalue weighted by Gasteiger charge is -2.15. The van der Waals surface area contributed by atoms with Gasteiger partial charge in [0.2, 0.25) is 5.91 Å². The first-order chi connectivity index (χ1) is 14.9. The van der Waals surface area contributed by atoms with Crippen LogP contribution < -0.4 is 15.4 Å². The van der Waals surface area contributed by atoms with Crippen molar-refractivity contribution in [3.05, 3.63) is 46.5 Å². The van der Waals surface area contributed by atoms with Crippen molar-refractivity contribution in [3.63, 3.8) is 0 Å². The van der Waals surface area contributed by atoms with Gasteiger partial charge in [-0.3, -0.25) is 4.79 Å². The van der Waals surface area contributed by atoms with E-state index in [1.165, 1.54) is 12.4 Å². The zero-order valence-corrected chi connectivity index (χ0v) is 18.6. The number of alkyl halides is 1. The van der Waals surface area contributed by atoms with Crippen molar-refractivity contribution in [1.29, 1.82) is 0 Å².